The molecule has 1 heteroatoms. The summed E-state index contributed by atoms with van der Waals surface area (Å²) in [6, 6.07) is 0. The highest BCUT2D eigenvalue weighted by Crippen LogP contribution is 2.44. The second-order valence-electron chi connectivity index (χ2n) is 7.28. The van der Waals surface area contributed by atoms with E-state index in [1.54, 1.807) is 5.57 Å². The number of nitrogens with zero attached hydrogens (tertiary/aromatic N) is 1. The van der Waals surface area contributed by atoms with E-state index in [1.165, 1.54) is 67.5 Å². The van der Waals surface area contributed by atoms with Crippen molar-refractivity contribution in [2.24, 2.45) is 11.8 Å². The van der Waals surface area contributed by atoms with Gasteiger partial charge in [0.15, 0.2) is 0 Å². The summed E-state index contributed by atoms with van der Waals surface area (Å²) in [5.74, 6) is 1.45. The second kappa shape index (κ2) is 8.04. The lowest BCUT2D eigenvalue weighted by molar-refractivity contribution is 0.263. The lowest BCUT2D eigenvalue weighted by Gasteiger charge is -2.41. The summed E-state index contributed by atoms with van der Waals surface area (Å²) in [5.41, 5.74) is 7.35. The molecular formula is C22H35N. The Bertz CT molecular complexity index is 526. The van der Waals surface area contributed by atoms with E-state index < -0.39 is 0 Å². The van der Waals surface area contributed by atoms with E-state index in [1.807, 2.05) is 6.20 Å². The minimum Gasteiger partial charge on any atom is -0.321 e. The monoisotopic (exact) mass is 313 g/mol. The standard InChI is InChI=1S/C22H35N/c1-7-13-20-16(4)17(5)21(8-2)23(9-3)22(20)18(6)19-14-11-10-12-15-19/h8-9,18-19H,3,7,10-15H2,1-2,4-6H3/b21-8-. The fourth-order valence-corrected chi connectivity index (χ4v) is 4.54. The Morgan fingerprint density at radius 2 is 1.83 bits per heavy atom. The van der Waals surface area contributed by atoms with Crippen molar-refractivity contribution in [1.82, 2.24) is 4.90 Å². The molecule has 1 fully saturated rings. The van der Waals surface area contributed by atoms with E-state index in [0.29, 0.717) is 5.92 Å². The van der Waals surface area contributed by atoms with Gasteiger partial charge in [0, 0.05) is 17.6 Å². The van der Waals surface area contributed by atoms with Crippen molar-refractivity contribution in [3.63, 3.8) is 0 Å². The first-order valence-electron chi connectivity index (χ1n) is 9.56. The van der Waals surface area contributed by atoms with Crippen LogP contribution in [0.3, 0.4) is 0 Å². The zero-order chi connectivity index (χ0) is 17.0. The molecule has 1 atom stereocenters. The Morgan fingerprint density at radius 1 is 1.17 bits per heavy atom. The summed E-state index contributed by atoms with van der Waals surface area (Å²) in [5, 5.41) is 0. The zero-order valence-corrected chi connectivity index (χ0v) is 15.9. The minimum atomic E-state index is 0.618. The maximum Gasteiger partial charge on any atom is 0.0441 e. The Balaban J connectivity index is 2.52. The molecule has 0 bridgehead atoms. The molecule has 0 radical (unpaired) electrons. The van der Waals surface area contributed by atoms with Gasteiger partial charge >= 0.3 is 0 Å². The van der Waals surface area contributed by atoms with Crippen LogP contribution >= 0.6 is 0 Å². The topological polar surface area (TPSA) is 3.24 Å². The maximum atomic E-state index is 4.14. The summed E-state index contributed by atoms with van der Waals surface area (Å²) in [6.45, 7) is 15.6. The first-order valence-corrected chi connectivity index (χ1v) is 9.56. The van der Waals surface area contributed by atoms with Crippen molar-refractivity contribution in [2.75, 3.05) is 0 Å². The fourth-order valence-electron chi connectivity index (χ4n) is 4.54. The molecule has 2 rings (SSSR count). The predicted molar refractivity (Wildman–Crippen MR) is 102 cm³/mol. The Morgan fingerprint density at radius 3 is 2.35 bits per heavy atom. The van der Waals surface area contributed by atoms with Gasteiger partial charge in [-0.15, -0.1) is 0 Å². The van der Waals surface area contributed by atoms with E-state index in [-0.39, 0.29) is 0 Å². The summed E-state index contributed by atoms with van der Waals surface area (Å²) in [6.07, 6.45) is 13.7. The predicted octanol–water partition coefficient (Wildman–Crippen LogP) is 6.96. The first-order chi connectivity index (χ1) is 11.1. The molecule has 1 aliphatic heterocycles. The lowest BCUT2D eigenvalue weighted by Crippen LogP contribution is -2.31. The first kappa shape index (κ1) is 18.1. The summed E-state index contributed by atoms with van der Waals surface area (Å²) in [4.78, 5) is 2.40. The molecular weight excluding hydrogens is 278 g/mol. The molecule has 0 aromatic carbocycles. The van der Waals surface area contributed by atoms with Gasteiger partial charge in [0.05, 0.1) is 0 Å². The molecule has 0 spiro atoms. The average Bonchev–Trinajstić information content (AvgIpc) is 2.59. The van der Waals surface area contributed by atoms with Crippen molar-refractivity contribution in [3.8, 4) is 0 Å². The van der Waals surface area contributed by atoms with Gasteiger partial charge in [0.25, 0.3) is 0 Å². The van der Waals surface area contributed by atoms with Gasteiger partial charge < -0.3 is 4.90 Å². The smallest absolute Gasteiger partial charge is 0.0441 e. The molecule has 1 saturated carbocycles. The third-order valence-corrected chi connectivity index (χ3v) is 5.97. The Labute approximate surface area is 143 Å². The lowest BCUT2D eigenvalue weighted by atomic mass is 9.75. The van der Waals surface area contributed by atoms with E-state index >= 15 is 0 Å². The molecule has 1 heterocycles. The van der Waals surface area contributed by atoms with Crippen LogP contribution in [-0.2, 0) is 0 Å². The quantitative estimate of drug-likeness (QED) is 0.530. The SMILES string of the molecule is C=CN1C(C(C)C2CCCCC2)=C(CCC)C(C)=C(C)/C1=C/C. The molecule has 1 nitrogen and oxygen atoms in total. The fraction of sp³-hybridized carbons (Fsp3) is 0.636. The van der Waals surface area contributed by atoms with Crippen molar-refractivity contribution < 1.29 is 0 Å². The van der Waals surface area contributed by atoms with E-state index in [4.69, 9.17) is 0 Å². The van der Waals surface area contributed by atoms with Gasteiger partial charge in [-0.25, -0.2) is 0 Å². The van der Waals surface area contributed by atoms with Crippen LogP contribution in [0.4, 0.5) is 0 Å². The number of hydrogen-bond donors (Lipinski definition) is 0. The van der Waals surface area contributed by atoms with Gasteiger partial charge in [-0.05, 0) is 68.6 Å². The van der Waals surface area contributed by atoms with Crippen molar-refractivity contribution in [3.05, 3.63) is 47.0 Å². The molecule has 0 saturated heterocycles. The number of hydrogen-bond acceptors (Lipinski definition) is 1. The van der Waals surface area contributed by atoms with Gasteiger partial charge in [-0.1, -0.05) is 52.2 Å². The zero-order valence-electron chi connectivity index (χ0n) is 15.9. The number of rotatable bonds is 5. The highest BCUT2D eigenvalue weighted by molar-refractivity contribution is 5.51. The summed E-state index contributed by atoms with van der Waals surface area (Å²) in [7, 11) is 0. The van der Waals surface area contributed by atoms with Crippen molar-refractivity contribution in [2.45, 2.75) is 79.6 Å². The molecule has 0 aromatic rings. The molecule has 0 amide bonds. The summed E-state index contributed by atoms with van der Waals surface area (Å²) < 4.78 is 0. The molecule has 1 aliphatic carbocycles. The van der Waals surface area contributed by atoms with Crippen LogP contribution in [0, 0.1) is 11.8 Å². The molecule has 23 heavy (non-hydrogen) atoms. The molecule has 0 aromatic heterocycles. The van der Waals surface area contributed by atoms with Gasteiger partial charge in [0.2, 0.25) is 0 Å². The van der Waals surface area contributed by atoms with Crippen LogP contribution in [0.1, 0.15) is 79.6 Å². The highest BCUT2D eigenvalue weighted by atomic mass is 15.1. The van der Waals surface area contributed by atoms with Gasteiger partial charge in [-0.2, -0.15) is 0 Å². The highest BCUT2D eigenvalue weighted by Gasteiger charge is 2.32. The minimum absolute atomic E-state index is 0.618. The van der Waals surface area contributed by atoms with Crippen LogP contribution in [-0.4, -0.2) is 4.90 Å². The van der Waals surface area contributed by atoms with Crippen LogP contribution < -0.4 is 0 Å². The third-order valence-electron chi connectivity index (χ3n) is 5.97. The largest absolute Gasteiger partial charge is 0.321 e. The van der Waals surface area contributed by atoms with Gasteiger partial charge in [-0.3, -0.25) is 0 Å². The van der Waals surface area contributed by atoms with Crippen LogP contribution in [0.15, 0.2) is 47.0 Å². The maximum absolute atomic E-state index is 4.14. The third kappa shape index (κ3) is 3.49. The Kier molecular flexibility index (Phi) is 6.33. The van der Waals surface area contributed by atoms with Crippen LogP contribution in [0.25, 0.3) is 0 Å². The second-order valence-corrected chi connectivity index (χ2v) is 7.28. The average molecular weight is 314 g/mol. The van der Waals surface area contributed by atoms with Gasteiger partial charge in [0.1, 0.15) is 0 Å². The normalized spacial score (nSPS) is 23.7. The van der Waals surface area contributed by atoms with E-state index in [2.05, 4.69) is 52.2 Å². The molecule has 2 aliphatic rings. The molecule has 0 N–H and O–H groups in total. The van der Waals surface area contributed by atoms with Crippen molar-refractivity contribution >= 4 is 0 Å². The summed E-state index contributed by atoms with van der Waals surface area (Å²) >= 11 is 0. The number of allylic oxidation sites excluding steroid dienone is 5. The molecule has 1 unspecified atom stereocenters. The van der Waals surface area contributed by atoms with Crippen LogP contribution in [0.2, 0.25) is 0 Å². The molecule has 128 valence electrons. The van der Waals surface area contributed by atoms with Crippen molar-refractivity contribution in [1.29, 1.82) is 0 Å². The Hall–Kier alpha value is -1.24. The van der Waals surface area contributed by atoms with E-state index in [9.17, 15) is 0 Å². The van der Waals surface area contributed by atoms with Crippen LogP contribution in [0.5, 0.6) is 0 Å². The van der Waals surface area contributed by atoms with E-state index in [0.717, 1.165) is 5.92 Å².